The van der Waals surface area contributed by atoms with Gasteiger partial charge in [-0.15, -0.1) is 0 Å². The highest BCUT2D eigenvalue weighted by Gasteiger charge is 2.20. The summed E-state index contributed by atoms with van der Waals surface area (Å²) in [6.07, 6.45) is 0.429. The molecular formula is C14H16ClFN2O2. The second kappa shape index (κ2) is 6.35. The van der Waals surface area contributed by atoms with Crippen LogP contribution < -0.4 is 0 Å². The fourth-order valence-corrected chi connectivity index (χ4v) is 2.32. The Morgan fingerprint density at radius 2 is 2.20 bits per heavy atom. The monoisotopic (exact) mass is 298 g/mol. The molecule has 1 unspecified atom stereocenters. The summed E-state index contributed by atoms with van der Waals surface area (Å²) in [5.74, 6) is -0.391. The van der Waals surface area contributed by atoms with E-state index in [0.717, 1.165) is 5.56 Å². The van der Waals surface area contributed by atoms with Crippen molar-refractivity contribution in [3.05, 3.63) is 52.1 Å². The topological polar surface area (TPSA) is 47.3 Å². The average Bonchev–Trinajstić information content (AvgIpc) is 2.75. The molecule has 20 heavy (non-hydrogen) atoms. The lowest BCUT2D eigenvalue weighted by molar-refractivity contribution is 0.171. The van der Waals surface area contributed by atoms with E-state index >= 15 is 0 Å². The number of benzene rings is 1. The SMILES string of the molecule is COCCn1ncc(Cl)c1C(O)c1cc(C)cc(F)c1. The maximum absolute atomic E-state index is 13.4. The number of nitrogens with zero attached hydrogens (tertiary/aromatic N) is 2. The number of aryl methyl sites for hydroxylation is 1. The van der Waals surface area contributed by atoms with E-state index in [-0.39, 0.29) is 0 Å². The fraction of sp³-hybridized carbons (Fsp3) is 0.357. The third-order valence-corrected chi connectivity index (χ3v) is 3.27. The summed E-state index contributed by atoms with van der Waals surface area (Å²) in [6.45, 7) is 2.67. The minimum atomic E-state index is -1.03. The summed E-state index contributed by atoms with van der Waals surface area (Å²) in [5.41, 5.74) is 1.62. The molecule has 108 valence electrons. The Kier molecular flexibility index (Phi) is 4.75. The average molecular weight is 299 g/mol. The minimum absolute atomic E-state index is 0.343. The van der Waals surface area contributed by atoms with Crippen molar-refractivity contribution in [3.8, 4) is 0 Å². The van der Waals surface area contributed by atoms with Crippen molar-refractivity contribution in [2.24, 2.45) is 0 Å². The van der Waals surface area contributed by atoms with Crippen molar-refractivity contribution in [1.29, 1.82) is 0 Å². The van der Waals surface area contributed by atoms with Gasteiger partial charge >= 0.3 is 0 Å². The maximum Gasteiger partial charge on any atom is 0.123 e. The van der Waals surface area contributed by atoms with Crippen LogP contribution in [0.15, 0.2) is 24.4 Å². The van der Waals surface area contributed by atoms with Crippen molar-refractivity contribution in [2.75, 3.05) is 13.7 Å². The molecule has 6 heteroatoms. The largest absolute Gasteiger partial charge is 0.383 e. The first-order chi connectivity index (χ1) is 9.52. The first-order valence-electron chi connectivity index (χ1n) is 6.18. The summed E-state index contributed by atoms with van der Waals surface area (Å²) in [6, 6.07) is 4.42. The zero-order valence-electron chi connectivity index (χ0n) is 11.3. The fourth-order valence-electron chi connectivity index (χ4n) is 2.08. The molecule has 1 aromatic carbocycles. The number of methoxy groups -OCH3 is 1. The summed E-state index contributed by atoms with van der Waals surface area (Å²) >= 11 is 6.07. The highest BCUT2D eigenvalue weighted by molar-refractivity contribution is 6.31. The van der Waals surface area contributed by atoms with Crippen LogP contribution in [0.1, 0.15) is 22.9 Å². The van der Waals surface area contributed by atoms with Gasteiger partial charge in [-0.05, 0) is 30.2 Å². The summed E-state index contributed by atoms with van der Waals surface area (Å²) < 4.78 is 20.0. The van der Waals surface area contributed by atoms with E-state index in [0.29, 0.717) is 29.4 Å². The number of ether oxygens (including phenoxy) is 1. The zero-order valence-corrected chi connectivity index (χ0v) is 12.1. The molecule has 2 rings (SSSR count). The lowest BCUT2D eigenvalue weighted by Crippen LogP contribution is -2.13. The Hall–Kier alpha value is -1.43. The lowest BCUT2D eigenvalue weighted by atomic mass is 10.0. The summed E-state index contributed by atoms with van der Waals surface area (Å²) in [4.78, 5) is 0. The lowest BCUT2D eigenvalue weighted by Gasteiger charge is -2.15. The molecule has 1 heterocycles. The van der Waals surface area contributed by atoms with Gasteiger partial charge < -0.3 is 9.84 Å². The molecule has 0 spiro atoms. The molecular weight excluding hydrogens is 283 g/mol. The smallest absolute Gasteiger partial charge is 0.123 e. The molecule has 1 atom stereocenters. The molecule has 2 aromatic rings. The number of hydrogen-bond acceptors (Lipinski definition) is 3. The van der Waals surface area contributed by atoms with E-state index in [9.17, 15) is 9.50 Å². The highest BCUT2D eigenvalue weighted by Crippen LogP contribution is 2.29. The van der Waals surface area contributed by atoms with E-state index in [2.05, 4.69) is 5.10 Å². The van der Waals surface area contributed by atoms with Crippen LogP contribution in [0, 0.1) is 12.7 Å². The Morgan fingerprint density at radius 1 is 1.45 bits per heavy atom. The van der Waals surface area contributed by atoms with Crippen molar-refractivity contribution < 1.29 is 14.2 Å². The minimum Gasteiger partial charge on any atom is -0.383 e. The predicted molar refractivity (Wildman–Crippen MR) is 74.3 cm³/mol. The van der Waals surface area contributed by atoms with Gasteiger partial charge in [0.2, 0.25) is 0 Å². The van der Waals surface area contributed by atoms with Crippen LogP contribution in [-0.2, 0) is 11.3 Å². The Labute approximate surface area is 121 Å². The van der Waals surface area contributed by atoms with Gasteiger partial charge in [-0.3, -0.25) is 4.68 Å². The molecule has 0 aliphatic carbocycles. The Morgan fingerprint density at radius 3 is 2.85 bits per heavy atom. The van der Waals surface area contributed by atoms with Gasteiger partial charge in [0.15, 0.2) is 0 Å². The zero-order chi connectivity index (χ0) is 14.7. The van der Waals surface area contributed by atoms with Gasteiger partial charge in [0.1, 0.15) is 11.9 Å². The van der Waals surface area contributed by atoms with Gasteiger partial charge in [0.05, 0.1) is 30.1 Å². The van der Waals surface area contributed by atoms with Gasteiger partial charge in [0, 0.05) is 7.11 Å². The van der Waals surface area contributed by atoms with Gasteiger partial charge in [-0.25, -0.2) is 4.39 Å². The van der Waals surface area contributed by atoms with E-state index in [4.69, 9.17) is 16.3 Å². The first-order valence-corrected chi connectivity index (χ1v) is 6.56. The number of rotatable bonds is 5. The molecule has 0 aliphatic rings. The van der Waals surface area contributed by atoms with Crippen LogP contribution in [0.5, 0.6) is 0 Å². The van der Waals surface area contributed by atoms with Crippen molar-refractivity contribution in [2.45, 2.75) is 19.6 Å². The summed E-state index contributed by atoms with van der Waals surface area (Å²) in [5, 5.41) is 14.9. The van der Waals surface area contributed by atoms with Crippen LogP contribution in [0.2, 0.25) is 5.02 Å². The van der Waals surface area contributed by atoms with Gasteiger partial charge in [-0.1, -0.05) is 17.7 Å². The van der Waals surface area contributed by atoms with Crippen molar-refractivity contribution in [1.82, 2.24) is 9.78 Å². The number of aromatic nitrogens is 2. The van der Waals surface area contributed by atoms with Crippen LogP contribution in [0.4, 0.5) is 4.39 Å². The molecule has 0 fully saturated rings. The van der Waals surface area contributed by atoms with E-state index in [1.165, 1.54) is 18.3 Å². The standard InChI is InChI=1S/C14H16ClFN2O2/c1-9-5-10(7-11(16)6-9)14(19)13-12(15)8-17-18(13)3-4-20-2/h5-8,14,19H,3-4H2,1-2H3. The van der Waals surface area contributed by atoms with E-state index < -0.39 is 11.9 Å². The number of halogens is 2. The molecule has 0 saturated carbocycles. The Balaban J connectivity index is 2.36. The molecule has 4 nitrogen and oxygen atoms in total. The van der Waals surface area contributed by atoms with Crippen LogP contribution in [0.25, 0.3) is 0 Å². The van der Waals surface area contributed by atoms with E-state index in [1.807, 2.05) is 0 Å². The third-order valence-electron chi connectivity index (χ3n) is 2.98. The van der Waals surface area contributed by atoms with E-state index in [1.54, 1.807) is 24.8 Å². The van der Waals surface area contributed by atoms with Crippen molar-refractivity contribution in [3.63, 3.8) is 0 Å². The Bertz CT molecular complexity index is 581. The molecule has 1 N–H and O–H groups in total. The molecule has 0 aliphatic heterocycles. The maximum atomic E-state index is 13.4. The predicted octanol–water partition coefficient (Wildman–Crippen LogP) is 2.71. The molecule has 0 radical (unpaired) electrons. The van der Waals surface area contributed by atoms with Crippen LogP contribution in [-0.4, -0.2) is 28.6 Å². The number of aliphatic hydroxyl groups excluding tert-OH is 1. The number of aliphatic hydroxyl groups is 1. The van der Waals surface area contributed by atoms with Gasteiger partial charge in [-0.2, -0.15) is 5.10 Å². The van der Waals surface area contributed by atoms with Crippen LogP contribution in [0.3, 0.4) is 0 Å². The van der Waals surface area contributed by atoms with Gasteiger partial charge in [0.25, 0.3) is 0 Å². The molecule has 0 saturated heterocycles. The normalized spacial score (nSPS) is 12.7. The van der Waals surface area contributed by atoms with Crippen molar-refractivity contribution >= 4 is 11.6 Å². The van der Waals surface area contributed by atoms with Crippen LogP contribution >= 0.6 is 11.6 Å². The second-order valence-corrected chi connectivity index (χ2v) is 4.97. The second-order valence-electron chi connectivity index (χ2n) is 4.56. The highest BCUT2D eigenvalue weighted by atomic mass is 35.5. The molecule has 1 aromatic heterocycles. The molecule has 0 bridgehead atoms. The first kappa shape index (κ1) is 15.0. The number of hydrogen-bond donors (Lipinski definition) is 1. The molecule has 0 amide bonds. The quantitative estimate of drug-likeness (QED) is 0.923. The third kappa shape index (κ3) is 3.17. The summed E-state index contributed by atoms with van der Waals surface area (Å²) in [7, 11) is 1.58.